The first-order chi connectivity index (χ1) is 13.0. The number of hydrogen-bond donors (Lipinski definition) is 1. The first-order valence-corrected chi connectivity index (χ1v) is 9.36. The SMILES string of the molecule is CCOC(=O)c1sc(NC(=O)c2cccc3c(Cl)cccc23)c(C#N)c1C. The number of esters is 1. The van der Waals surface area contributed by atoms with Gasteiger partial charge in [-0.1, -0.05) is 35.9 Å². The van der Waals surface area contributed by atoms with E-state index >= 15 is 0 Å². The van der Waals surface area contributed by atoms with Crippen molar-refractivity contribution in [1.29, 1.82) is 5.26 Å². The van der Waals surface area contributed by atoms with Crippen molar-refractivity contribution in [3.63, 3.8) is 0 Å². The van der Waals surface area contributed by atoms with Crippen LogP contribution in [0.2, 0.25) is 5.02 Å². The van der Waals surface area contributed by atoms with Gasteiger partial charge < -0.3 is 10.1 Å². The Morgan fingerprint density at radius 2 is 1.93 bits per heavy atom. The van der Waals surface area contributed by atoms with Gasteiger partial charge in [0.25, 0.3) is 5.91 Å². The number of ether oxygens (including phenoxy) is 1. The molecule has 136 valence electrons. The summed E-state index contributed by atoms with van der Waals surface area (Å²) in [4.78, 5) is 25.2. The van der Waals surface area contributed by atoms with Crippen LogP contribution >= 0.6 is 22.9 Å². The first kappa shape index (κ1) is 18.9. The Bertz CT molecular complexity index is 1100. The van der Waals surface area contributed by atoms with E-state index in [-0.39, 0.29) is 18.1 Å². The quantitative estimate of drug-likeness (QED) is 0.615. The van der Waals surface area contributed by atoms with Crippen LogP contribution in [0.1, 0.15) is 38.1 Å². The summed E-state index contributed by atoms with van der Waals surface area (Å²) < 4.78 is 5.02. The van der Waals surface area contributed by atoms with Crippen molar-refractivity contribution in [1.82, 2.24) is 0 Å². The lowest BCUT2D eigenvalue weighted by molar-refractivity contribution is 0.0531. The van der Waals surface area contributed by atoms with E-state index in [1.54, 1.807) is 38.1 Å². The molecule has 3 aromatic rings. The van der Waals surface area contributed by atoms with Crippen molar-refractivity contribution in [2.24, 2.45) is 0 Å². The topological polar surface area (TPSA) is 79.2 Å². The van der Waals surface area contributed by atoms with E-state index in [0.717, 1.165) is 16.7 Å². The third-order valence-electron chi connectivity index (χ3n) is 4.06. The number of hydrogen-bond acceptors (Lipinski definition) is 5. The molecule has 0 fully saturated rings. The molecule has 0 saturated carbocycles. The molecule has 7 heteroatoms. The lowest BCUT2D eigenvalue weighted by Crippen LogP contribution is -2.12. The Morgan fingerprint density at radius 3 is 2.63 bits per heavy atom. The minimum absolute atomic E-state index is 0.233. The van der Waals surface area contributed by atoms with E-state index in [1.165, 1.54) is 0 Å². The van der Waals surface area contributed by atoms with E-state index in [2.05, 4.69) is 11.4 Å². The predicted octanol–water partition coefficient (Wildman–Crippen LogP) is 5.16. The van der Waals surface area contributed by atoms with Crippen LogP contribution in [0.25, 0.3) is 10.8 Å². The van der Waals surface area contributed by atoms with Crippen molar-refractivity contribution in [3.8, 4) is 6.07 Å². The number of nitriles is 1. The highest BCUT2D eigenvalue weighted by atomic mass is 35.5. The van der Waals surface area contributed by atoms with Crippen LogP contribution in [0, 0.1) is 18.3 Å². The van der Waals surface area contributed by atoms with Crippen LogP contribution in [0.5, 0.6) is 0 Å². The number of benzene rings is 2. The van der Waals surface area contributed by atoms with Crippen molar-refractivity contribution < 1.29 is 14.3 Å². The zero-order valence-corrected chi connectivity index (χ0v) is 16.2. The van der Waals surface area contributed by atoms with Crippen LogP contribution in [-0.4, -0.2) is 18.5 Å². The lowest BCUT2D eigenvalue weighted by Gasteiger charge is -2.08. The zero-order chi connectivity index (χ0) is 19.6. The number of fused-ring (bicyclic) bond motifs is 1. The van der Waals surface area contributed by atoms with Gasteiger partial charge >= 0.3 is 5.97 Å². The van der Waals surface area contributed by atoms with E-state index in [4.69, 9.17) is 16.3 Å². The fraction of sp³-hybridized carbons (Fsp3) is 0.150. The van der Waals surface area contributed by atoms with Gasteiger partial charge in [0, 0.05) is 16.0 Å². The minimum Gasteiger partial charge on any atom is -0.462 e. The average molecular weight is 399 g/mol. The van der Waals surface area contributed by atoms with E-state index in [1.807, 2.05) is 12.1 Å². The molecular formula is C20H15ClN2O3S. The van der Waals surface area contributed by atoms with Crippen LogP contribution in [0.15, 0.2) is 36.4 Å². The maximum absolute atomic E-state index is 12.9. The number of nitrogens with zero attached hydrogens (tertiary/aromatic N) is 1. The third kappa shape index (κ3) is 3.52. The number of carbonyl (C=O) groups is 2. The van der Waals surface area contributed by atoms with Gasteiger partial charge in [0.15, 0.2) is 0 Å². The fourth-order valence-corrected chi connectivity index (χ4v) is 4.05. The molecule has 1 aromatic heterocycles. The summed E-state index contributed by atoms with van der Waals surface area (Å²) in [7, 11) is 0. The summed E-state index contributed by atoms with van der Waals surface area (Å²) in [6.07, 6.45) is 0. The van der Waals surface area contributed by atoms with Gasteiger partial charge in [0.1, 0.15) is 15.9 Å². The molecule has 0 aliphatic carbocycles. The van der Waals surface area contributed by atoms with Crippen molar-refractivity contribution >= 4 is 50.6 Å². The van der Waals surface area contributed by atoms with Gasteiger partial charge in [0.2, 0.25) is 0 Å². The molecule has 0 aliphatic heterocycles. The maximum Gasteiger partial charge on any atom is 0.348 e. The van der Waals surface area contributed by atoms with E-state index in [9.17, 15) is 14.9 Å². The molecule has 27 heavy (non-hydrogen) atoms. The minimum atomic E-state index is -0.506. The summed E-state index contributed by atoms with van der Waals surface area (Å²) in [5.74, 6) is -0.884. The summed E-state index contributed by atoms with van der Waals surface area (Å²) in [6, 6.07) is 12.7. The standard InChI is InChI=1S/C20H15ClN2O3S/c1-3-26-20(25)17-11(2)15(10-22)19(27-17)23-18(24)14-8-4-7-13-12(14)6-5-9-16(13)21/h4-9H,3H2,1-2H3,(H,23,24). The highest BCUT2D eigenvalue weighted by molar-refractivity contribution is 7.18. The Balaban J connectivity index is 2.00. The van der Waals surface area contributed by atoms with Gasteiger partial charge in [0.05, 0.1) is 12.2 Å². The Morgan fingerprint density at radius 1 is 1.22 bits per heavy atom. The molecule has 0 unspecified atom stereocenters. The molecule has 0 radical (unpaired) electrons. The molecule has 0 aliphatic rings. The Hall–Kier alpha value is -2.88. The Kier molecular flexibility index (Phi) is 5.45. The van der Waals surface area contributed by atoms with Gasteiger partial charge in [-0.15, -0.1) is 11.3 Å². The molecule has 5 nitrogen and oxygen atoms in total. The van der Waals surface area contributed by atoms with Gasteiger partial charge in [-0.3, -0.25) is 4.79 Å². The number of halogens is 1. The number of thiophene rings is 1. The first-order valence-electron chi connectivity index (χ1n) is 8.17. The van der Waals surface area contributed by atoms with Crippen molar-refractivity contribution in [2.45, 2.75) is 13.8 Å². The van der Waals surface area contributed by atoms with Crippen molar-refractivity contribution in [3.05, 3.63) is 63.0 Å². The largest absolute Gasteiger partial charge is 0.462 e. The highest BCUT2D eigenvalue weighted by Gasteiger charge is 2.23. The summed E-state index contributed by atoms with van der Waals surface area (Å²) >= 11 is 7.24. The summed E-state index contributed by atoms with van der Waals surface area (Å²) in [5.41, 5.74) is 1.19. The number of anilines is 1. The molecule has 0 spiro atoms. The monoisotopic (exact) mass is 398 g/mol. The average Bonchev–Trinajstić information content (AvgIpc) is 2.97. The summed E-state index contributed by atoms with van der Waals surface area (Å²) in [6.45, 7) is 3.60. The predicted molar refractivity (Wildman–Crippen MR) is 107 cm³/mol. The van der Waals surface area contributed by atoms with E-state index in [0.29, 0.717) is 31.4 Å². The fourth-order valence-electron chi connectivity index (χ4n) is 2.77. The molecule has 3 rings (SSSR count). The Labute approximate surface area is 165 Å². The molecule has 1 heterocycles. The molecule has 0 saturated heterocycles. The van der Waals surface area contributed by atoms with Gasteiger partial charge in [-0.2, -0.15) is 5.26 Å². The molecular weight excluding hydrogens is 384 g/mol. The van der Waals surface area contributed by atoms with Crippen LogP contribution < -0.4 is 5.32 Å². The summed E-state index contributed by atoms with van der Waals surface area (Å²) in [5, 5.41) is 14.6. The number of amides is 1. The maximum atomic E-state index is 12.9. The van der Waals surface area contributed by atoms with Crippen molar-refractivity contribution in [2.75, 3.05) is 11.9 Å². The second-order valence-electron chi connectivity index (χ2n) is 5.69. The highest BCUT2D eigenvalue weighted by Crippen LogP contribution is 2.34. The van der Waals surface area contributed by atoms with Gasteiger partial charge in [-0.05, 0) is 36.9 Å². The second kappa shape index (κ2) is 7.78. The smallest absolute Gasteiger partial charge is 0.348 e. The van der Waals surface area contributed by atoms with E-state index < -0.39 is 5.97 Å². The van der Waals surface area contributed by atoms with Gasteiger partial charge in [-0.25, -0.2) is 4.79 Å². The number of carbonyl (C=O) groups excluding carboxylic acids is 2. The van der Waals surface area contributed by atoms with Crippen LogP contribution in [0.4, 0.5) is 5.00 Å². The zero-order valence-electron chi connectivity index (χ0n) is 14.6. The molecule has 0 bridgehead atoms. The third-order valence-corrected chi connectivity index (χ3v) is 5.58. The number of rotatable bonds is 4. The molecule has 0 atom stereocenters. The normalized spacial score (nSPS) is 10.4. The van der Waals surface area contributed by atoms with Crippen LogP contribution in [0.3, 0.4) is 0 Å². The second-order valence-corrected chi connectivity index (χ2v) is 7.12. The molecule has 1 N–H and O–H groups in total. The molecule has 1 amide bonds. The van der Waals surface area contributed by atoms with Crippen LogP contribution in [-0.2, 0) is 4.74 Å². The lowest BCUT2D eigenvalue weighted by atomic mass is 10.0. The molecule has 2 aromatic carbocycles. The number of nitrogens with one attached hydrogen (secondary N) is 1.